The molecule has 2 rings (SSSR count). The van der Waals surface area contributed by atoms with E-state index in [1.165, 1.54) is 5.56 Å². The van der Waals surface area contributed by atoms with E-state index in [0.29, 0.717) is 0 Å². The van der Waals surface area contributed by atoms with Crippen LogP contribution in [0.1, 0.15) is 22.6 Å². The van der Waals surface area contributed by atoms with Gasteiger partial charge in [-0.3, -0.25) is 0 Å². The smallest absolute Gasteiger partial charge is 0.125 e. The number of methoxy groups -OCH3 is 2. The third kappa shape index (κ3) is 3.76. The number of benzene rings is 2. The zero-order valence-corrected chi connectivity index (χ0v) is 12.8. The second-order valence-corrected chi connectivity index (χ2v) is 5.17. The Morgan fingerprint density at radius 2 is 1.71 bits per heavy atom. The van der Waals surface area contributed by atoms with Crippen molar-refractivity contribution in [1.82, 2.24) is 0 Å². The van der Waals surface area contributed by atoms with Gasteiger partial charge < -0.3 is 14.6 Å². The maximum absolute atomic E-state index is 9.71. The van der Waals surface area contributed by atoms with Gasteiger partial charge in [0.1, 0.15) is 11.5 Å². The Hall–Kier alpha value is -2.00. The molecule has 0 spiro atoms. The molecule has 1 atom stereocenters. The number of rotatable bonds is 6. The highest BCUT2D eigenvalue weighted by Gasteiger charge is 2.14. The zero-order chi connectivity index (χ0) is 15.2. The predicted octanol–water partition coefficient (Wildman–Crippen LogP) is 3.33. The summed E-state index contributed by atoms with van der Waals surface area (Å²) in [5.41, 5.74) is 3.43. The molecule has 0 bridgehead atoms. The summed E-state index contributed by atoms with van der Waals surface area (Å²) in [6, 6.07) is 14.1. The van der Waals surface area contributed by atoms with E-state index in [4.69, 9.17) is 9.47 Å². The molecule has 0 saturated carbocycles. The van der Waals surface area contributed by atoms with E-state index < -0.39 is 0 Å². The van der Waals surface area contributed by atoms with Crippen LogP contribution in [0.15, 0.2) is 42.5 Å². The summed E-state index contributed by atoms with van der Waals surface area (Å²) in [5, 5.41) is 9.71. The first-order valence-electron chi connectivity index (χ1n) is 7.06. The maximum atomic E-state index is 9.71. The molecule has 0 amide bonds. The quantitative estimate of drug-likeness (QED) is 0.885. The lowest BCUT2D eigenvalue weighted by atomic mass is 9.91. The molecule has 0 radical (unpaired) electrons. The Morgan fingerprint density at radius 3 is 2.29 bits per heavy atom. The molecule has 0 heterocycles. The number of hydrogen-bond acceptors (Lipinski definition) is 3. The lowest BCUT2D eigenvalue weighted by Gasteiger charge is -2.17. The lowest BCUT2D eigenvalue weighted by molar-refractivity contribution is 0.263. The standard InChI is InChI=1S/C18H22O3/c1-13-4-6-14(7-5-13)16(12-19)10-15-8-9-17(20-2)11-18(15)21-3/h4-9,11,16,19H,10,12H2,1-3H3. The monoisotopic (exact) mass is 286 g/mol. The molecule has 2 aromatic rings. The third-order valence-electron chi connectivity index (χ3n) is 3.73. The van der Waals surface area contributed by atoms with Crippen molar-refractivity contribution in [2.75, 3.05) is 20.8 Å². The molecule has 0 fully saturated rings. The van der Waals surface area contributed by atoms with E-state index in [0.717, 1.165) is 29.0 Å². The number of aryl methyl sites for hydroxylation is 1. The summed E-state index contributed by atoms with van der Waals surface area (Å²) in [6.07, 6.45) is 0.729. The molecule has 3 heteroatoms. The summed E-state index contributed by atoms with van der Waals surface area (Å²) in [7, 11) is 3.29. The van der Waals surface area contributed by atoms with Crippen LogP contribution in [0.5, 0.6) is 11.5 Å². The highest BCUT2D eigenvalue weighted by Crippen LogP contribution is 2.29. The van der Waals surface area contributed by atoms with Gasteiger partial charge in [-0.2, -0.15) is 0 Å². The Balaban J connectivity index is 2.24. The van der Waals surface area contributed by atoms with Gasteiger partial charge in [0, 0.05) is 12.0 Å². The van der Waals surface area contributed by atoms with Crippen molar-refractivity contribution in [3.8, 4) is 11.5 Å². The van der Waals surface area contributed by atoms with Crippen LogP contribution in [-0.2, 0) is 6.42 Å². The summed E-state index contributed by atoms with van der Waals surface area (Å²) < 4.78 is 10.6. The second kappa shape index (κ2) is 7.14. The Labute approximate surface area is 126 Å². The molecule has 0 aromatic heterocycles. The molecular formula is C18H22O3. The minimum absolute atomic E-state index is 0.0629. The minimum Gasteiger partial charge on any atom is -0.497 e. The van der Waals surface area contributed by atoms with E-state index in [9.17, 15) is 5.11 Å². The number of aliphatic hydroxyl groups is 1. The van der Waals surface area contributed by atoms with Gasteiger partial charge in [-0.15, -0.1) is 0 Å². The summed E-state index contributed by atoms with van der Waals surface area (Å²) >= 11 is 0. The third-order valence-corrected chi connectivity index (χ3v) is 3.73. The van der Waals surface area contributed by atoms with Gasteiger partial charge in [0.2, 0.25) is 0 Å². The molecule has 112 valence electrons. The molecule has 1 N–H and O–H groups in total. The largest absolute Gasteiger partial charge is 0.497 e. The average molecular weight is 286 g/mol. The first-order chi connectivity index (χ1) is 10.2. The van der Waals surface area contributed by atoms with Crippen LogP contribution >= 0.6 is 0 Å². The van der Waals surface area contributed by atoms with Crippen molar-refractivity contribution in [3.05, 3.63) is 59.2 Å². The fraction of sp³-hybridized carbons (Fsp3) is 0.333. The van der Waals surface area contributed by atoms with E-state index in [1.54, 1.807) is 14.2 Å². The minimum atomic E-state index is 0.0629. The van der Waals surface area contributed by atoms with E-state index in [-0.39, 0.29) is 12.5 Å². The van der Waals surface area contributed by atoms with E-state index >= 15 is 0 Å². The normalized spacial score (nSPS) is 12.0. The summed E-state index contributed by atoms with van der Waals surface area (Å²) in [5.74, 6) is 1.62. The highest BCUT2D eigenvalue weighted by atomic mass is 16.5. The molecule has 3 nitrogen and oxygen atoms in total. The fourth-order valence-corrected chi connectivity index (χ4v) is 2.41. The Bertz CT molecular complexity index is 576. The molecule has 0 aliphatic heterocycles. The maximum Gasteiger partial charge on any atom is 0.125 e. The first-order valence-corrected chi connectivity index (χ1v) is 7.06. The van der Waals surface area contributed by atoms with Crippen molar-refractivity contribution < 1.29 is 14.6 Å². The van der Waals surface area contributed by atoms with Crippen molar-refractivity contribution in [2.24, 2.45) is 0 Å². The lowest BCUT2D eigenvalue weighted by Crippen LogP contribution is -2.09. The highest BCUT2D eigenvalue weighted by molar-refractivity contribution is 5.42. The average Bonchev–Trinajstić information content (AvgIpc) is 2.53. The topological polar surface area (TPSA) is 38.7 Å². The van der Waals surface area contributed by atoms with Crippen LogP contribution in [0.25, 0.3) is 0 Å². The van der Waals surface area contributed by atoms with E-state index in [1.807, 2.05) is 18.2 Å². The van der Waals surface area contributed by atoms with Gasteiger partial charge in [0.15, 0.2) is 0 Å². The van der Waals surface area contributed by atoms with Gasteiger partial charge in [-0.05, 0) is 30.5 Å². The Morgan fingerprint density at radius 1 is 1.00 bits per heavy atom. The number of aliphatic hydroxyl groups excluding tert-OH is 1. The van der Waals surface area contributed by atoms with Gasteiger partial charge in [0.25, 0.3) is 0 Å². The van der Waals surface area contributed by atoms with Crippen LogP contribution in [0.2, 0.25) is 0 Å². The van der Waals surface area contributed by atoms with Crippen LogP contribution in [-0.4, -0.2) is 25.9 Å². The molecule has 2 aromatic carbocycles. The summed E-state index contributed by atoms with van der Waals surface area (Å²) in [6.45, 7) is 2.17. The number of ether oxygens (including phenoxy) is 2. The molecular weight excluding hydrogens is 264 g/mol. The molecule has 0 aliphatic rings. The molecule has 0 saturated heterocycles. The molecule has 21 heavy (non-hydrogen) atoms. The van der Waals surface area contributed by atoms with Gasteiger partial charge in [0.05, 0.1) is 20.8 Å². The Kier molecular flexibility index (Phi) is 5.23. The molecule has 0 aliphatic carbocycles. The van der Waals surface area contributed by atoms with Crippen molar-refractivity contribution in [3.63, 3.8) is 0 Å². The van der Waals surface area contributed by atoms with Gasteiger partial charge in [-0.1, -0.05) is 35.9 Å². The van der Waals surface area contributed by atoms with Crippen molar-refractivity contribution in [1.29, 1.82) is 0 Å². The second-order valence-electron chi connectivity index (χ2n) is 5.17. The van der Waals surface area contributed by atoms with Crippen LogP contribution < -0.4 is 9.47 Å². The molecule has 1 unspecified atom stereocenters. The van der Waals surface area contributed by atoms with Crippen molar-refractivity contribution in [2.45, 2.75) is 19.3 Å². The van der Waals surface area contributed by atoms with Crippen LogP contribution in [0.3, 0.4) is 0 Å². The van der Waals surface area contributed by atoms with E-state index in [2.05, 4.69) is 31.2 Å². The predicted molar refractivity (Wildman–Crippen MR) is 84.3 cm³/mol. The van der Waals surface area contributed by atoms with Crippen LogP contribution in [0, 0.1) is 6.92 Å². The number of hydrogen-bond donors (Lipinski definition) is 1. The zero-order valence-electron chi connectivity index (χ0n) is 12.8. The first kappa shape index (κ1) is 15.4. The fourth-order valence-electron chi connectivity index (χ4n) is 2.41. The van der Waals surface area contributed by atoms with Crippen LogP contribution in [0.4, 0.5) is 0 Å². The summed E-state index contributed by atoms with van der Waals surface area (Å²) in [4.78, 5) is 0. The SMILES string of the molecule is COc1ccc(CC(CO)c2ccc(C)cc2)c(OC)c1. The van der Waals surface area contributed by atoms with Gasteiger partial charge >= 0.3 is 0 Å². The van der Waals surface area contributed by atoms with Crippen molar-refractivity contribution >= 4 is 0 Å². The van der Waals surface area contributed by atoms with Gasteiger partial charge in [-0.25, -0.2) is 0 Å².